The number of ether oxygens (including phenoxy) is 2. The summed E-state index contributed by atoms with van der Waals surface area (Å²) < 4.78 is 11.4. The van der Waals surface area contributed by atoms with Gasteiger partial charge in [0, 0.05) is 5.41 Å². The Morgan fingerprint density at radius 3 is 2.49 bits per heavy atom. The van der Waals surface area contributed by atoms with Crippen LogP contribution in [0.3, 0.4) is 0 Å². The molecule has 0 aliphatic heterocycles. The maximum atomic E-state index is 13.5. The fourth-order valence-electron chi connectivity index (χ4n) is 9.15. The quantitative estimate of drug-likeness (QED) is 0.239. The van der Waals surface area contributed by atoms with Crippen LogP contribution in [0.1, 0.15) is 76.6 Å². The minimum Gasteiger partial charge on any atom is -0.494 e. The van der Waals surface area contributed by atoms with Gasteiger partial charge in [-0.25, -0.2) is 4.79 Å². The predicted molar refractivity (Wildman–Crippen MR) is 139 cm³/mol. The van der Waals surface area contributed by atoms with Gasteiger partial charge < -0.3 is 19.4 Å². The summed E-state index contributed by atoms with van der Waals surface area (Å²) >= 11 is 0. The van der Waals surface area contributed by atoms with Crippen LogP contribution in [0.4, 0.5) is 0 Å². The highest BCUT2D eigenvalue weighted by Gasteiger charge is 2.83. The summed E-state index contributed by atoms with van der Waals surface area (Å²) in [6, 6.07) is 6.93. The fraction of sp³-hybridized carbons (Fsp3) is 0.645. The van der Waals surface area contributed by atoms with Crippen LogP contribution in [0.15, 0.2) is 35.9 Å². The van der Waals surface area contributed by atoms with E-state index in [4.69, 9.17) is 9.47 Å². The first-order valence-electron chi connectivity index (χ1n) is 14.0. The molecule has 1 aromatic carbocycles. The number of hydrogen-bond donors (Lipinski definition) is 1. The second-order valence-corrected chi connectivity index (χ2v) is 12.2. The van der Waals surface area contributed by atoms with Crippen molar-refractivity contribution in [2.45, 2.75) is 66.2 Å². The first-order valence-corrected chi connectivity index (χ1v) is 14.0. The van der Waals surface area contributed by atoms with Gasteiger partial charge in [-0.15, -0.1) is 0 Å². The Kier molecular flexibility index (Phi) is 6.52. The Labute approximate surface area is 219 Å². The van der Waals surface area contributed by atoms with Crippen LogP contribution in [0.25, 0.3) is 0 Å². The number of carbonyl (C=O) groups excluding carboxylic acids is 2. The molecule has 4 aliphatic carbocycles. The molecule has 7 atom stereocenters. The Balaban J connectivity index is 1.44. The molecule has 4 aliphatic rings. The summed E-state index contributed by atoms with van der Waals surface area (Å²) in [5.41, 5.74) is -1.37. The van der Waals surface area contributed by atoms with E-state index in [1.807, 2.05) is 20.8 Å². The van der Waals surface area contributed by atoms with E-state index in [0.717, 1.165) is 37.5 Å². The zero-order chi connectivity index (χ0) is 26.6. The summed E-state index contributed by atoms with van der Waals surface area (Å²) in [4.78, 5) is 39.4. The molecule has 37 heavy (non-hydrogen) atoms. The maximum absolute atomic E-state index is 13.5. The largest absolute Gasteiger partial charge is 0.494 e. The highest BCUT2D eigenvalue weighted by molar-refractivity contribution is 5.91. The van der Waals surface area contributed by atoms with Crippen molar-refractivity contribution in [1.82, 2.24) is 0 Å². The number of esters is 1. The van der Waals surface area contributed by atoms with Crippen LogP contribution in [-0.2, 0) is 14.3 Å². The van der Waals surface area contributed by atoms with Gasteiger partial charge in [-0.3, -0.25) is 4.79 Å². The molecule has 1 N–H and O–H groups in total. The van der Waals surface area contributed by atoms with E-state index in [1.165, 1.54) is 0 Å². The molecule has 3 fully saturated rings. The SMILES string of the molecule is CCCOc1ccc(C(=O)OCCC23CC4C(CC[C@H]4C)C4(C=O)CC2C=C(C(C)C)C43C(=O)O)cc1. The molecular formula is C31H40O6. The Morgan fingerprint density at radius 1 is 1.14 bits per heavy atom. The molecule has 0 saturated heterocycles. The molecule has 6 heteroatoms. The molecule has 0 spiro atoms. The maximum Gasteiger partial charge on any atom is 0.338 e. The van der Waals surface area contributed by atoms with E-state index >= 15 is 0 Å². The van der Waals surface area contributed by atoms with Gasteiger partial charge >= 0.3 is 11.9 Å². The average Bonchev–Trinajstić information content (AvgIpc) is 3.45. The topological polar surface area (TPSA) is 89.9 Å². The van der Waals surface area contributed by atoms with Crippen LogP contribution in [0.2, 0.25) is 0 Å². The van der Waals surface area contributed by atoms with E-state index in [-0.39, 0.29) is 24.4 Å². The molecule has 6 nitrogen and oxygen atoms in total. The van der Waals surface area contributed by atoms with E-state index < -0.39 is 28.2 Å². The Morgan fingerprint density at radius 2 is 1.86 bits per heavy atom. The van der Waals surface area contributed by atoms with Crippen LogP contribution >= 0.6 is 0 Å². The third-order valence-electron chi connectivity index (χ3n) is 10.5. The first kappa shape index (κ1) is 26.0. The van der Waals surface area contributed by atoms with Crippen molar-refractivity contribution in [3.05, 3.63) is 41.5 Å². The molecule has 0 amide bonds. The molecule has 3 saturated carbocycles. The lowest BCUT2D eigenvalue weighted by molar-refractivity contribution is -0.181. The first-order chi connectivity index (χ1) is 17.7. The molecule has 0 aromatic heterocycles. The summed E-state index contributed by atoms with van der Waals surface area (Å²) in [7, 11) is 0. The number of aliphatic carboxylic acids is 1. The van der Waals surface area contributed by atoms with Gasteiger partial charge in [-0.1, -0.05) is 45.8 Å². The molecule has 200 valence electrons. The summed E-state index contributed by atoms with van der Waals surface area (Å²) in [5, 5.41) is 11.0. The number of carbonyl (C=O) groups is 3. The minimum absolute atomic E-state index is 0.0118. The van der Waals surface area contributed by atoms with Gasteiger partial charge in [0.25, 0.3) is 0 Å². The highest BCUT2D eigenvalue weighted by atomic mass is 16.5. The second kappa shape index (κ2) is 9.28. The fourth-order valence-corrected chi connectivity index (χ4v) is 9.15. The number of carboxylic acid groups (broad SMARTS) is 1. The van der Waals surface area contributed by atoms with Crippen LogP contribution in [-0.4, -0.2) is 36.5 Å². The number of benzene rings is 1. The zero-order valence-electron chi connectivity index (χ0n) is 22.5. The van der Waals surface area contributed by atoms with Crippen molar-refractivity contribution >= 4 is 18.2 Å². The molecule has 0 heterocycles. The minimum atomic E-state index is -1.23. The van der Waals surface area contributed by atoms with Gasteiger partial charge in [-0.2, -0.15) is 0 Å². The summed E-state index contributed by atoms with van der Waals surface area (Å²) in [6.45, 7) is 9.13. The van der Waals surface area contributed by atoms with Crippen molar-refractivity contribution in [1.29, 1.82) is 0 Å². The predicted octanol–water partition coefficient (Wildman–Crippen LogP) is 5.95. The van der Waals surface area contributed by atoms with Crippen molar-refractivity contribution in [2.24, 2.45) is 45.8 Å². The van der Waals surface area contributed by atoms with E-state index in [2.05, 4.69) is 13.0 Å². The van der Waals surface area contributed by atoms with Gasteiger partial charge in [0.1, 0.15) is 17.5 Å². The molecule has 0 radical (unpaired) electrons. The van der Waals surface area contributed by atoms with Crippen molar-refractivity contribution < 1.29 is 29.0 Å². The number of allylic oxidation sites excluding steroid dienone is 1. The summed E-state index contributed by atoms with van der Waals surface area (Å²) in [6.07, 6.45) is 7.90. The third-order valence-corrected chi connectivity index (χ3v) is 10.5. The van der Waals surface area contributed by atoms with Crippen molar-refractivity contribution in [3.8, 4) is 5.75 Å². The number of aldehydes is 1. The molecular weight excluding hydrogens is 468 g/mol. The third kappa shape index (κ3) is 3.39. The highest BCUT2D eigenvalue weighted by Crippen LogP contribution is 2.83. The average molecular weight is 509 g/mol. The van der Waals surface area contributed by atoms with Gasteiger partial charge in [-0.05, 0) is 86.0 Å². The van der Waals surface area contributed by atoms with Crippen LogP contribution in [0, 0.1) is 45.8 Å². The van der Waals surface area contributed by atoms with Gasteiger partial charge in [0.2, 0.25) is 0 Å². The number of carboxylic acids is 1. The van der Waals surface area contributed by atoms with Gasteiger partial charge in [0.15, 0.2) is 0 Å². The lowest BCUT2D eigenvalue weighted by Gasteiger charge is -2.58. The second-order valence-electron chi connectivity index (χ2n) is 12.2. The normalized spacial score (nSPS) is 37.3. The summed E-state index contributed by atoms with van der Waals surface area (Å²) in [5.74, 6) is 0.362. The van der Waals surface area contributed by atoms with Crippen LogP contribution in [0.5, 0.6) is 5.75 Å². The van der Waals surface area contributed by atoms with Crippen LogP contribution < -0.4 is 4.74 Å². The van der Waals surface area contributed by atoms with E-state index in [9.17, 15) is 19.5 Å². The Bertz CT molecular complexity index is 1110. The van der Waals surface area contributed by atoms with Crippen molar-refractivity contribution in [2.75, 3.05) is 13.2 Å². The lowest BCUT2D eigenvalue weighted by atomic mass is 9.42. The van der Waals surface area contributed by atoms with E-state index in [0.29, 0.717) is 42.6 Å². The zero-order valence-corrected chi connectivity index (χ0v) is 22.5. The molecule has 4 bridgehead atoms. The lowest BCUT2D eigenvalue weighted by Crippen LogP contribution is -2.62. The number of fused-ring (bicyclic) bond motifs is 2. The van der Waals surface area contributed by atoms with Gasteiger partial charge in [0.05, 0.1) is 24.2 Å². The standard InChI is InChI=1S/C31H40O6/c1-5-13-36-23-9-7-21(8-10-23)27(33)37-14-12-29-17-24-20(4)6-11-25(24)30(18-32)16-22(29)15-26(19(2)3)31(29,30)28(34)35/h7-10,15,18-20,22,24-25H,5-6,11-14,16-17H2,1-4H3,(H,34,35)/t20-,22?,24?,25?,29?,30?,31?/m1/s1. The van der Waals surface area contributed by atoms with E-state index in [1.54, 1.807) is 24.3 Å². The Hall–Kier alpha value is -2.63. The van der Waals surface area contributed by atoms with Crippen molar-refractivity contribution in [3.63, 3.8) is 0 Å². The number of rotatable bonds is 10. The molecule has 5 rings (SSSR count). The molecule has 6 unspecified atom stereocenters. The smallest absolute Gasteiger partial charge is 0.338 e. The monoisotopic (exact) mass is 508 g/mol. The number of hydrogen-bond acceptors (Lipinski definition) is 5. The molecule has 1 aromatic rings.